The molecular weight excluding hydrogens is 258 g/mol. The number of rotatable bonds is 2. The predicted molar refractivity (Wildman–Crippen MR) is 78.7 cm³/mol. The highest BCUT2D eigenvalue weighted by atomic mass is 35.5. The Labute approximate surface area is 120 Å². The Morgan fingerprint density at radius 1 is 1.21 bits per heavy atom. The van der Waals surface area contributed by atoms with E-state index >= 15 is 0 Å². The van der Waals surface area contributed by atoms with E-state index in [4.69, 9.17) is 16.3 Å². The van der Waals surface area contributed by atoms with Gasteiger partial charge in [0.15, 0.2) is 0 Å². The number of piperidine rings is 1. The first-order valence-corrected chi connectivity index (χ1v) is 7.77. The van der Waals surface area contributed by atoms with Crippen molar-refractivity contribution in [3.05, 3.63) is 34.9 Å². The van der Waals surface area contributed by atoms with E-state index in [-0.39, 0.29) is 0 Å². The molecule has 3 unspecified atom stereocenters. The first-order chi connectivity index (χ1) is 9.36. The Hall–Kier alpha value is -0.570. The van der Waals surface area contributed by atoms with Gasteiger partial charge >= 0.3 is 0 Å². The van der Waals surface area contributed by atoms with Crippen LogP contribution in [0.4, 0.5) is 0 Å². The van der Waals surface area contributed by atoms with Crippen LogP contribution < -0.4 is 5.32 Å². The van der Waals surface area contributed by atoms with Crippen LogP contribution in [0, 0.1) is 11.8 Å². The Kier molecular flexibility index (Phi) is 4.42. The van der Waals surface area contributed by atoms with Gasteiger partial charge in [0.1, 0.15) is 0 Å². The van der Waals surface area contributed by atoms with Gasteiger partial charge in [0.05, 0.1) is 0 Å². The zero-order chi connectivity index (χ0) is 13.1. The maximum Gasteiger partial charge on any atom is 0.0497 e. The average molecular weight is 280 g/mol. The fraction of sp³-hybridized carbons (Fsp3) is 0.625. The van der Waals surface area contributed by atoms with Crippen LogP contribution in [0.3, 0.4) is 0 Å². The van der Waals surface area contributed by atoms with Crippen molar-refractivity contribution < 1.29 is 4.74 Å². The van der Waals surface area contributed by atoms with Crippen molar-refractivity contribution in [2.24, 2.45) is 11.8 Å². The van der Waals surface area contributed by atoms with E-state index < -0.39 is 0 Å². The molecule has 19 heavy (non-hydrogen) atoms. The van der Waals surface area contributed by atoms with Gasteiger partial charge in [-0.3, -0.25) is 0 Å². The molecule has 1 aromatic rings. The fourth-order valence-corrected chi connectivity index (χ4v) is 3.94. The van der Waals surface area contributed by atoms with Crippen molar-refractivity contribution in [1.29, 1.82) is 0 Å². The maximum atomic E-state index is 6.40. The molecule has 0 bridgehead atoms. The first-order valence-electron chi connectivity index (χ1n) is 7.39. The second-order valence-corrected chi connectivity index (χ2v) is 6.17. The third kappa shape index (κ3) is 2.96. The Morgan fingerprint density at radius 3 is 2.89 bits per heavy atom. The summed E-state index contributed by atoms with van der Waals surface area (Å²) in [6.07, 6.45) is 3.76. The lowest BCUT2D eigenvalue weighted by atomic mass is 9.72. The van der Waals surface area contributed by atoms with E-state index in [1.165, 1.54) is 24.8 Å². The van der Waals surface area contributed by atoms with Crippen LogP contribution in [0.25, 0.3) is 0 Å². The monoisotopic (exact) mass is 279 g/mol. The first kappa shape index (κ1) is 13.4. The molecule has 104 valence electrons. The summed E-state index contributed by atoms with van der Waals surface area (Å²) < 4.78 is 5.70. The normalized spacial score (nSPS) is 32.2. The molecule has 2 aliphatic heterocycles. The summed E-state index contributed by atoms with van der Waals surface area (Å²) in [5.41, 5.74) is 1.31. The molecule has 3 rings (SSSR count). The molecule has 0 amide bonds. The Morgan fingerprint density at radius 2 is 2.11 bits per heavy atom. The number of hydrogen-bond donors (Lipinski definition) is 1. The zero-order valence-corrected chi connectivity index (χ0v) is 12.0. The lowest BCUT2D eigenvalue weighted by Crippen LogP contribution is -2.40. The van der Waals surface area contributed by atoms with E-state index in [2.05, 4.69) is 17.4 Å². The van der Waals surface area contributed by atoms with Crippen molar-refractivity contribution in [2.75, 3.05) is 26.3 Å². The SMILES string of the molecule is Clc1ccccc1C1CNCCC1C1CCCOC1. The molecule has 3 heteroatoms. The molecule has 3 atom stereocenters. The minimum absolute atomic E-state index is 0.536. The van der Waals surface area contributed by atoms with Gasteiger partial charge in [-0.2, -0.15) is 0 Å². The summed E-state index contributed by atoms with van der Waals surface area (Å²) in [6, 6.07) is 8.32. The summed E-state index contributed by atoms with van der Waals surface area (Å²) in [7, 11) is 0. The minimum atomic E-state index is 0.536. The maximum absolute atomic E-state index is 6.40. The third-order valence-electron chi connectivity index (χ3n) is 4.64. The minimum Gasteiger partial charge on any atom is -0.381 e. The molecular formula is C16H22ClNO. The molecule has 2 saturated heterocycles. The van der Waals surface area contributed by atoms with E-state index in [0.717, 1.165) is 31.3 Å². The number of benzene rings is 1. The largest absolute Gasteiger partial charge is 0.381 e. The quantitative estimate of drug-likeness (QED) is 0.895. The van der Waals surface area contributed by atoms with Crippen LogP contribution in [0.1, 0.15) is 30.7 Å². The summed E-state index contributed by atoms with van der Waals surface area (Å²) in [5.74, 6) is 1.95. The number of nitrogens with one attached hydrogen (secondary N) is 1. The highest BCUT2D eigenvalue weighted by Crippen LogP contribution is 2.40. The van der Waals surface area contributed by atoms with Crippen LogP contribution in [0.5, 0.6) is 0 Å². The van der Waals surface area contributed by atoms with Gasteiger partial charge in [-0.15, -0.1) is 0 Å². The van der Waals surface area contributed by atoms with E-state index in [1.54, 1.807) is 0 Å². The molecule has 2 heterocycles. The molecule has 2 aliphatic rings. The van der Waals surface area contributed by atoms with Gasteiger partial charge in [0, 0.05) is 30.7 Å². The number of hydrogen-bond acceptors (Lipinski definition) is 2. The van der Waals surface area contributed by atoms with E-state index in [0.29, 0.717) is 17.8 Å². The number of ether oxygens (including phenoxy) is 1. The summed E-state index contributed by atoms with van der Waals surface area (Å²) in [6.45, 7) is 4.05. The highest BCUT2D eigenvalue weighted by molar-refractivity contribution is 6.31. The molecule has 2 nitrogen and oxygen atoms in total. The predicted octanol–water partition coefficient (Wildman–Crippen LogP) is 3.46. The average Bonchev–Trinajstić information content (AvgIpc) is 2.49. The molecule has 2 fully saturated rings. The van der Waals surface area contributed by atoms with Crippen molar-refractivity contribution in [3.63, 3.8) is 0 Å². The van der Waals surface area contributed by atoms with Gasteiger partial charge in [0.25, 0.3) is 0 Å². The van der Waals surface area contributed by atoms with Crippen LogP contribution in [-0.4, -0.2) is 26.3 Å². The van der Waals surface area contributed by atoms with E-state index in [9.17, 15) is 0 Å². The van der Waals surface area contributed by atoms with Gasteiger partial charge < -0.3 is 10.1 Å². The number of halogens is 1. The van der Waals surface area contributed by atoms with Crippen molar-refractivity contribution in [2.45, 2.75) is 25.2 Å². The van der Waals surface area contributed by atoms with Crippen molar-refractivity contribution in [3.8, 4) is 0 Å². The van der Waals surface area contributed by atoms with Gasteiger partial charge in [-0.1, -0.05) is 29.8 Å². The standard InChI is InChI=1S/C16H22ClNO/c17-16-6-2-1-5-14(16)15-10-18-8-7-13(15)12-4-3-9-19-11-12/h1-2,5-6,12-13,15,18H,3-4,7-11H2. The van der Waals surface area contributed by atoms with Crippen molar-refractivity contribution in [1.82, 2.24) is 5.32 Å². The molecule has 1 N–H and O–H groups in total. The lowest BCUT2D eigenvalue weighted by molar-refractivity contribution is 0.0185. The molecule has 0 radical (unpaired) electrons. The second-order valence-electron chi connectivity index (χ2n) is 5.76. The summed E-state index contributed by atoms with van der Waals surface area (Å²) in [5, 5.41) is 4.44. The smallest absolute Gasteiger partial charge is 0.0497 e. The van der Waals surface area contributed by atoms with Gasteiger partial charge in [-0.05, 0) is 49.3 Å². The molecule has 1 aromatic carbocycles. The topological polar surface area (TPSA) is 21.3 Å². The van der Waals surface area contributed by atoms with Crippen LogP contribution in [0.15, 0.2) is 24.3 Å². The second kappa shape index (κ2) is 6.25. The van der Waals surface area contributed by atoms with Crippen molar-refractivity contribution >= 4 is 11.6 Å². The Balaban J connectivity index is 1.82. The molecule has 0 aliphatic carbocycles. The molecule has 0 saturated carbocycles. The summed E-state index contributed by atoms with van der Waals surface area (Å²) in [4.78, 5) is 0. The highest BCUT2D eigenvalue weighted by Gasteiger charge is 2.34. The zero-order valence-electron chi connectivity index (χ0n) is 11.3. The van der Waals surface area contributed by atoms with Crippen LogP contribution >= 0.6 is 11.6 Å². The van der Waals surface area contributed by atoms with Gasteiger partial charge in [0.2, 0.25) is 0 Å². The lowest BCUT2D eigenvalue weighted by Gasteiger charge is -2.39. The molecule has 0 aromatic heterocycles. The third-order valence-corrected chi connectivity index (χ3v) is 4.99. The Bertz CT molecular complexity index is 417. The van der Waals surface area contributed by atoms with Crippen LogP contribution in [0.2, 0.25) is 5.02 Å². The van der Waals surface area contributed by atoms with E-state index in [1.807, 2.05) is 12.1 Å². The summed E-state index contributed by atoms with van der Waals surface area (Å²) >= 11 is 6.40. The van der Waals surface area contributed by atoms with Gasteiger partial charge in [-0.25, -0.2) is 0 Å². The fourth-order valence-electron chi connectivity index (χ4n) is 3.66. The van der Waals surface area contributed by atoms with Crippen LogP contribution in [-0.2, 0) is 4.74 Å². The molecule has 0 spiro atoms.